The maximum atomic E-state index is 12.0. The van der Waals surface area contributed by atoms with Crippen LogP contribution in [-0.4, -0.2) is 11.9 Å². The summed E-state index contributed by atoms with van der Waals surface area (Å²) in [4.78, 5) is 16.2. The average Bonchev–Trinajstić information content (AvgIpc) is 2.87. The fraction of sp³-hybridized carbons (Fsp3) is 0. The van der Waals surface area contributed by atoms with Crippen molar-refractivity contribution >= 4 is 64.3 Å². The number of carbonyl (C=O) groups is 1. The number of halogens is 4. The Morgan fingerprint density at radius 3 is 2.30 bits per heavy atom. The van der Waals surface area contributed by atoms with Crippen LogP contribution in [0.3, 0.4) is 0 Å². The van der Waals surface area contributed by atoms with E-state index >= 15 is 0 Å². The summed E-state index contributed by atoms with van der Waals surface area (Å²) in [6.45, 7) is 0. The van der Waals surface area contributed by atoms with Crippen LogP contribution in [0.25, 0.3) is 6.08 Å². The molecule has 7 heteroatoms. The summed E-state index contributed by atoms with van der Waals surface area (Å²) in [5.41, 5.74) is 1.10. The molecule has 23 heavy (non-hydrogen) atoms. The van der Waals surface area contributed by atoms with E-state index in [1.165, 1.54) is 6.08 Å². The molecule has 3 nitrogen and oxygen atoms in total. The molecule has 1 heterocycles. The molecule has 0 saturated heterocycles. The smallest absolute Gasteiger partial charge is 0.363 e. The van der Waals surface area contributed by atoms with E-state index in [9.17, 15) is 4.79 Å². The van der Waals surface area contributed by atoms with Gasteiger partial charge in [-0.2, -0.15) is 0 Å². The lowest BCUT2D eigenvalue weighted by atomic mass is 10.2. The Balaban J connectivity index is 2.03. The molecule has 0 saturated carbocycles. The Labute approximate surface area is 152 Å². The van der Waals surface area contributed by atoms with Gasteiger partial charge in [0.2, 0.25) is 5.90 Å². The summed E-state index contributed by atoms with van der Waals surface area (Å²) < 4.78 is 5.16. The number of benzene rings is 2. The molecule has 1 aliphatic heterocycles. The number of hydrogen-bond acceptors (Lipinski definition) is 3. The first kappa shape index (κ1) is 16.3. The van der Waals surface area contributed by atoms with Gasteiger partial charge in [0.25, 0.3) is 0 Å². The van der Waals surface area contributed by atoms with Gasteiger partial charge >= 0.3 is 5.97 Å². The van der Waals surface area contributed by atoms with Crippen LogP contribution in [0.2, 0.25) is 20.1 Å². The molecule has 0 spiro atoms. The highest BCUT2D eigenvalue weighted by Crippen LogP contribution is 2.31. The summed E-state index contributed by atoms with van der Waals surface area (Å²) in [6.07, 6.45) is 1.50. The van der Waals surface area contributed by atoms with Crippen molar-refractivity contribution in [2.75, 3.05) is 0 Å². The normalized spacial score (nSPS) is 15.7. The molecule has 2 aromatic rings. The second-order valence-electron chi connectivity index (χ2n) is 4.58. The van der Waals surface area contributed by atoms with Crippen molar-refractivity contribution in [3.8, 4) is 0 Å². The number of hydrogen-bond donors (Lipinski definition) is 0. The quantitative estimate of drug-likeness (QED) is 0.494. The highest BCUT2D eigenvalue weighted by molar-refractivity contribution is 6.44. The van der Waals surface area contributed by atoms with Crippen LogP contribution in [0.15, 0.2) is 47.1 Å². The highest BCUT2D eigenvalue weighted by atomic mass is 35.5. The molecule has 116 valence electrons. The molecule has 0 atom stereocenters. The van der Waals surface area contributed by atoms with Crippen molar-refractivity contribution in [1.29, 1.82) is 0 Å². The molecule has 0 unspecified atom stereocenters. The third kappa shape index (κ3) is 3.24. The summed E-state index contributed by atoms with van der Waals surface area (Å²) in [7, 11) is 0. The number of nitrogens with zero attached hydrogens (tertiary/aromatic N) is 1. The predicted molar refractivity (Wildman–Crippen MR) is 93.5 cm³/mol. The Bertz CT molecular complexity index is 874. The fourth-order valence-electron chi connectivity index (χ4n) is 1.97. The molecule has 0 N–H and O–H groups in total. The molecule has 0 fully saturated rings. The summed E-state index contributed by atoms with van der Waals surface area (Å²) in [6, 6.07) is 10.1. The Kier molecular flexibility index (Phi) is 4.64. The largest absolute Gasteiger partial charge is 0.402 e. The van der Waals surface area contributed by atoms with E-state index in [0.29, 0.717) is 26.2 Å². The number of rotatable bonds is 2. The molecule has 1 aliphatic rings. The van der Waals surface area contributed by atoms with Gasteiger partial charge in [-0.05, 0) is 29.8 Å². The third-order valence-electron chi connectivity index (χ3n) is 3.08. The summed E-state index contributed by atoms with van der Waals surface area (Å²) >= 11 is 24.1. The second kappa shape index (κ2) is 6.54. The van der Waals surface area contributed by atoms with Crippen LogP contribution in [0.4, 0.5) is 0 Å². The predicted octanol–water partition coefficient (Wildman–Crippen LogP) is 5.64. The van der Waals surface area contributed by atoms with E-state index in [0.717, 1.165) is 0 Å². The van der Waals surface area contributed by atoms with Crippen molar-refractivity contribution in [2.45, 2.75) is 0 Å². The molecular weight excluding hydrogens is 380 g/mol. The first-order chi connectivity index (χ1) is 11.0. The topological polar surface area (TPSA) is 38.7 Å². The van der Waals surface area contributed by atoms with Crippen molar-refractivity contribution in [3.63, 3.8) is 0 Å². The van der Waals surface area contributed by atoms with Gasteiger partial charge in [0.15, 0.2) is 5.70 Å². The molecule has 0 amide bonds. The van der Waals surface area contributed by atoms with Crippen molar-refractivity contribution < 1.29 is 9.53 Å². The first-order valence-electron chi connectivity index (χ1n) is 6.38. The second-order valence-corrected chi connectivity index (χ2v) is 6.15. The summed E-state index contributed by atoms with van der Waals surface area (Å²) in [5, 5.41) is 1.33. The van der Waals surface area contributed by atoms with E-state index in [-0.39, 0.29) is 16.6 Å². The Hall–Kier alpha value is -1.52. The summed E-state index contributed by atoms with van der Waals surface area (Å²) in [5.74, 6) is -0.515. The molecule has 0 aromatic heterocycles. The van der Waals surface area contributed by atoms with Gasteiger partial charge in [0.1, 0.15) is 0 Å². The molecule has 0 radical (unpaired) electrons. The fourth-order valence-corrected chi connectivity index (χ4v) is 2.72. The Morgan fingerprint density at radius 1 is 0.913 bits per heavy atom. The van der Waals surface area contributed by atoms with Crippen LogP contribution in [0, 0.1) is 0 Å². The molecule has 0 bridgehead atoms. The lowest BCUT2D eigenvalue weighted by Crippen LogP contribution is -2.06. The molecule has 3 rings (SSSR count). The minimum absolute atomic E-state index is 0.0897. The monoisotopic (exact) mass is 385 g/mol. The van der Waals surface area contributed by atoms with Gasteiger partial charge in [-0.15, -0.1) is 0 Å². The van der Waals surface area contributed by atoms with Gasteiger partial charge in [0.05, 0.1) is 25.7 Å². The van der Waals surface area contributed by atoms with E-state index < -0.39 is 5.97 Å². The van der Waals surface area contributed by atoms with Crippen molar-refractivity contribution in [3.05, 3.63) is 73.3 Å². The number of esters is 1. The number of aliphatic imine (C=N–C) groups is 1. The number of carbonyl (C=O) groups excluding carboxylic acids is 1. The van der Waals surface area contributed by atoms with Gasteiger partial charge in [-0.1, -0.05) is 64.6 Å². The van der Waals surface area contributed by atoms with Crippen LogP contribution < -0.4 is 0 Å². The van der Waals surface area contributed by atoms with Gasteiger partial charge < -0.3 is 4.74 Å². The van der Waals surface area contributed by atoms with Crippen LogP contribution in [0.5, 0.6) is 0 Å². The minimum atomic E-state index is -0.605. The minimum Gasteiger partial charge on any atom is -0.402 e. The van der Waals surface area contributed by atoms with E-state index in [1.807, 2.05) is 0 Å². The SMILES string of the molecule is O=C1OC(c2cccc(Cl)c2Cl)=N/C1=C/c1cccc(Cl)c1Cl. The molecular formula is C16H7Cl4NO2. The van der Waals surface area contributed by atoms with Crippen LogP contribution in [-0.2, 0) is 9.53 Å². The highest BCUT2D eigenvalue weighted by Gasteiger charge is 2.26. The number of cyclic esters (lactones) is 1. The van der Waals surface area contributed by atoms with E-state index in [2.05, 4.69) is 4.99 Å². The maximum absolute atomic E-state index is 12.0. The Morgan fingerprint density at radius 2 is 1.57 bits per heavy atom. The van der Waals surface area contributed by atoms with Gasteiger partial charge in [-0.25, -0.2) is 9.79 Å². The number of ether oxygens (including phenoxy) is 1. The van der Waals surface area contributed by atoms with Gasteiger partial charge in [0, 0.05) is 0 Å². The zero-order valence-corrected chi connectivity index (χ0v) is 14.3. The van der Waals surface area contributed by atoms with E-state index in [4.69, 9.17) is 51.1 Å². The lowest BCUT2D eigenvalue weighted by molar-refractivity contribution is -0.129. The third-order valence-corrected chi connectivity index (χ3v) is 4.73. The first-order valence-corrected chi connectivity index (χ1v) is 7.89. The van der Waals surface area contributed by atoms with Crippen LogP contribution in [0.1, 0.15) is 11.1 Å². The zero-order valence-electron chi connectivity index (χ0n) is 11.3. The van der Waals surface area contributed by atoms with Crippen molar-refractivity contribution in [1.82, 2.24) is 0 Å². The molecule has 2 aromatic carbocycles. The van der Waals surface area contributed by atoms with Gasteiger partial charge in [-0.3, -0.25) is 0 Å². The standard InChI is InChI=1S/C16H7Cl4NO2/c17-10-5-1-3-8(13(10)19)7-12-16(22)23-15(21-12)9-4-2-6-11(18)14(9)20/h1-7H/b12-7+. The van der Waals surface area contributed by atoms with Crippen molar-refractivity contribution in [2.24, 2.45) is 4.99 Å². The molecule has 0 aliphatic carbocycles. The lowest BCUT2D eigenvalue weighted by Gasteiger charge is -2.03. The van der Waals surface area contributed by atoms with E-state index in [1.54, 1.807) is 36.4 Å². The zero-order chi connectivity index (χ0) is 16.6. The average molecular weight is 387 g/mol. The van der Waals surface area contributed by atoms with Crippen LogP contribution >= 0.6 is 46.4 Å². The maximum Gasteiger partial charge on any atom is 0.363 e.